The lowest BCUT2D eigenvalue weighted by Gasteiger charge is -2.38. The van der Waals surface area contributed by atoms with Crippen molar-refractivity contribution in [3.05, 3.63) is 85.0 Å². The van der Waals surface area contributed by atoms with Gasteiger partial charge in [0, 0.05) is 58.7 Å². The lowest BCUT2D eigenvalue weighted by Crippen LogP contribution is -2.42. The van der Waals surface area contributed by atoms with E-state index >= 15 is 0 Å². The molecule has 2 aliphatic heterocycles. The zero-order valence-electron chi connectivity index (χ0n) is 23.4. The van der Waals surface area contributed by atoms with Crippen LogP contribution in [0, 0.1) is 11.8 Å². The van der Waals surface area contributed by atoms with Crippen LogP contribution in [0.3, 0.4) is 0 Å². The number of hydrogen-bond donors (Lipinski definition) is 0. The first-order valence-electron chi connectivity index (χ1n) is 14.9. The van der Waals surface area contributed by atoms with E-state index in [0.717, 1.165) is 89.8 Å². The summed E-state index contributed by atoms with van der Waals surface area (Å²) in [5.74, 6) is 1.30. The number of likely N-dealkylation sites (tertiary alicyclic amines) is 1. The minimum atomic E-state index is 0.186. The summed E-state index contributed by atoms with van der Waals surface area (Å²) in [7, 11) is 0. The Bertz CT molecular complexity index is 1590. The fourth-order valence-electron chi connectivity index (χ4n) is 7.21. The van der Waals surface area contributed by atoms with Gasteiger partial charge in [0.15, 0.2) is 5.58 Å². The number of halogens is 3. The lowest BCUT2D eigenvalue weighted by molar-refractivity contribution is -0.133. The van der Waals surface area contributed by atoms with Gasteiger partial charge in [-0.15, -0.1) is 0 Å². The number of fused-ring (bicyclic) bond motifs is 3. The highest BCUT2D eigenvalue weighted by Crippen LogP contribution is 2.46. The molecule has 218 valence electrons. The Labute approximate surface area is 268 Å². The molecule has 0 spiro atoms. The van der Waals surface area contributed by atoms with Crippen molar-refractivity contribution >= 4 is 66.5 Å². The van der Waals surface area contributed by atoms with Crippen LogP contribution in [0.2, 0.25) is 5.02 Å². The molecule has 3 aliphatic rings. The summed E-state index contributed by atoms with van der Waals surface area (Å²) >= 11 is 14.0. The number of hydrogen-bond acceptors (Lipinski definition) is 5. The van der Waals surface area contributed by atoms with Crippen LogP contribution in [0.1, 0.15) is 60.4 Å². The van der Waals surface area contributed by atoms with Crippen LogP contribution in [0.5, 0.6) is 0 Å². The van der Waals surface area contributed by atoms with E-state index in [-0.39, 0.29) is 5.92 Å². The smallest absolute Gasteiger partial charge is 0.298 e. The highest BCUT2D eigenvalue weighted by Gasteiger charge is 2.37. The fraction of sp³-hybridized carbons (Fsp3) is 0.424. The first kappa shape index (κ1) is 28.4. The molecule has 42 heavy (non-hydrogen) atoms. The van der Waals surface area contributed by atoms with Crippen LogP contribution < -0.4 is 4.90 Å². The van der Waals surface area contributed by atoms with E-state index in [9.17, 15) is 4.79 Å². The Morgan fingerprint density at radius 2 is 1.74 bits per heavy atom. The average molecular weight is 713 g/mol. The summed E-state index contributed by atoms with van der Waals surface area (Å²) in [4.78, 5) is 27.4. The van der Waals surface area contributed by atoms with Gasteiger partial charge in [0.05, 0.1) is 5.69 Å². The number of para-hydroxylation sites is 2. The molecule has 2 aromatic carbocycles. The van der Waals surface area contributed by atoms with E-state index in [1.807, 2.05) is 36.5 Å². The Balaban J connectivity index is 1.00. The molecular weight excluding hydrogens is 680 g/mol. The molecule has 4 heterocycles. The minimum Gasteiger partial charge on any atom is -0.423 e. The van der Waals surface area contributed by atoms with Gasteiger partial charge in [0.2, 0.25) is 5.91 Å². The first-order valence-corrected chi connectivity index (χ1v) is 16.9. The maximum Gasteiger partial charge on any atom is 0.298 e. The summed E-state index contributed by atoms with van der Waals surface area (Å²) in [5.41, 5.74) is 6.82. The fourth-order valence-corrected chi connectivity index (χ4v) is 8.71. The van der Waals surface area contributed by atoms with E-state index in [0.29, 0.717) is 30.2 Å². The van der Waals surface area contributed by atoms with E-state index in [1.165, 1.54) is 22.4 Å². The van der Waals surface area contributed by atoms with Crippen molar-refractivity contribution in [1.82, 2.24) is 14.9 Å². The summed E-state index contributed by atoms with van der Waals surface area (Å²) in [6.45, 7) is 3.34. The third kappa shape index (κ3) is 5.62. The Kier molecular flexibility index (Phi) is 8.05. The number of aryl methyl sites for hydroxylation is 2. The predicted molar refractivity (Wildman–Crippen MR) is 173 cm³/mol. The van der Waals surface area contributed by atoms with Gasteiger partial charge in [-0.25, -0.2) is 0 Å². The van der Waals surface area contributed by atoms with Gasteiger partial charge in [0.1, 0.15) is 5.52 Å². The van der Waals surface area contributed by atoms with Crippen molar-refractivity contribution in [2.24, 2.45) is 11.8 Å². The molecule has 1 amide bonds. The monoisotopic (exact) mass is 710 g/mol. The average Bonchev–Trinajstić information content (AvgIpc) is 3.36. The topological polar surface area (TPSA) is 62.5 Å². The third-order valence-corrected chi connectivity index (χ3v) is 10.7. The van der Waals surface area contributed by atoms with Gasteiger partial charge in [-0.1, -0.05) is 39.7 Å². The SMILES string of the molecule is O=C(CC1CCN(c2nc3ccccc3o2)CC1)N1CCC([C@H]2c3ncc(Br)cc3CCc3cc(Cl)cc(Br)c32)CC1. The molecule has 7 rings (SSSR count). The molecule has 0 saturated carbocycles. The Morgan fingerprint density at radius 1 is 0.976 bits per heavy atom. The zero-order valence-corrected chi connectivity index (χ0v) is 27.3. The van der Waals surface area contributed by atoms with Gasteiger partial charge in [-0.3, -0.25) is 9.78 Å². The Morgan fingerprint density at radius 3 is 2.52 bits per heavy atom. The van der Waals surface area contributed by atoms with E-state index in [1.54, 1.807) is 0 Å². The molecule has 0 radical (unpaired) electrons. The maximum atomic E-state index is 13.4. The second-order valence-electron chi connectivity index (χ2n) is 12.0. The van der Waals surface area contributed by atoms with Crippen LogP contribution >= 0.6 is 43.5 Å². The molecule has 1 aliphatic carbocycles. The maximum absolute atomic E-state index is 13.4. The van der Waals surface area contributed by atoms with E-state index < -0.39 is 0 Å². The zero-order chi connectivity index (χ0) is 28.8. The highest BCUT2D eigenvalue weighted by molar-refractivity contribution is 9.10. The molecule has 0 unspecified atom stereocenters. The van der Waals surface area contributed by atoms with Crippen molar-refractivity contribution in [1.29, 1.82) is 0 Å². The summed E-state index contributed by atoms with van der Waals surface area (Å²) in [6, 6.07) is 15.0. The number of benzene rings is 2. The third-order valence-electron chi connectivity index (χ3n) is 9.41. The predicted octanol–water partition coefficient (Wildman–Crippen LogP) is 8.18. The number of rotatable bonds is 4. The van der Waals surface area contributed by atoms with Crippen molar-refractivity contribution in [2.75, 3.05) is 31.1 Å². The van der Waals surface area contributed by atoms with E-state index in [2.05, 4.69) is 58.8 Å². The first-order chi connectivity index (χ1) is 20.4. The molecule has 0 N–H and O–H groups in total. The summed E-state index contributed by atoms with van der Waals surface area (Å²) in [5, 5.41) is 0.763. The largest absolute Gasteiger partial charge is 0.423 e. The molecule has 2 aromatic heterocycles. The van der Waals surface area contributed by atoms with Crippen LogP contribution in [0.25, 0.3) is 11.1 Å². The summed E-state index contributed by atoms with van der Waals surface area (Å²) < 4.78 is 8.05. The van der Waals surface area contributed by atoms with Gasteiger partial charge in [0.25, 0.3) is 6.01 Å². The van der Waals surface area contributed by atoms with Crippen molar-refractivity contribution in [2.45, 2.75) is 50.9 Å². The van der Waals surface area contributed by atoms with Gasteiger partial charge >= 0.3 is 0 Å². The van der Waals surface area contributed by atoms with E-state index in [4.69, 9.17) is 21.0 Å². The number of carbonyl (C=O) groups is 1. The van der Waals surface area contributed by atoms with Crippen LogP contribution in [-0.2, 0) is 17.6 Å². The number of nitrogens with zero attached hydrogens (tertiary/aromatic N) is 4. The van der Waals surface area contributed by atoms with Gasteiger partial charge < -0.3 is 14.2 Å². The standard InChI is InChI=1S/C33H33Br2ClN4O2/c34-24-16-23-6-5-22-17-25(36)18-26(35)30(22)31(32(23)37-19-24)21-9-13-39(14-10-21)29(41)15-20-7-11-40(12-8-20)33-38-27-3-1-2-4-28(27)42-33/h1-4,16-21,31H,5-15H2/t31-/m1/s1. The van der Waals surface area contributed by atoms with Crippen molar-refractivity contribution in [3.8, 4) is 0 Å². The van der Waals surface area contributed by atoms with Crippen molar-refractivity contribution in [3.63, 3.8) is 0 Å². The van der Waals surface area contributed by atoms with Crippen LogP contribution in [-0.4, -0.2) is 47.0 Å². The molecular formula is C33H33Br2ClN4O2. The van der Waals surface area contributed by atoms with Gasteiger partial charge in [-0.05, 0) is 113 Å². The number of aromatic nitrogens is 2. The number of carbonyl (C=O) groups excluding carboxylic acids is 1. The summed E-state index contributed by atoms with van der Waals surface area (Å²) in [6.07, 6.45) is 8.34. The normalized spacial score (nSPS) is 19.9. The number of anilines is 1. The molecule has 6 nitrogen and oxygen atoms in total. The second kappa shape index (κ2) is 11.9. The molecule has 1 atom stereocenters. The number of amides is 1. The number of oxazole rings is 1. The van der Waals surface area contributed by atoms with Crippen LogP contribution in [0.4, 0.5) is 6.01 Å². The quantitative estimate of drug-likeness (QED) is 0.214. The number of piperidine rings is 2. The molecule has 0 bridgehead atoms. The molecule has 2 saturated heterocycles. The Hall–Kier alpha value is -2.42. The molecule has 4 aromatic rings. The lowest BCUT2D eigenvalue weighted by atomic mass is 9.76. The minimum absolute atomic E-state index is 0.186. The molecule has 9 heteroatoms. The second-order valence-corrected chi connectivity index (χ2v) is 14.2. The highest BCUT2D eigenvalue weighted by atomic mass is 79.9. The molecule has 2 fully saturated rings. The van der Waals surface area contributed by atoms with Gasteiger partial charge in [-0.2, -0.15) is 4.98 Å². The van der Waals surface area contributed by atoms with Crippen LogP contribution in [0.15, 0.2) is 62.0 Å². The number of pyridine rings is 1. The van der Waals surface area contributed by atoms with Crippen molar-refractivity contribution < 1.29 is 9.21 Å².